The van der Waals surface area contributed by atoms with E-state index in [0.717, 1.165) is 5.56 Å². The molecule has 0 aliphatic carbocycles. The number of rotatable bonds is 4. The minimum absolute atomic E-state index is 0.00363. The van der Waals surface area contributed by atoms with Crippen LogP contribution < -0.4 is 10.5 Å². The number of nitrogens with zero attached hydrogens (tertiary/aromatic N) is 2. The highest BCUT2D eigenvalue weighted by atomic mass is 16.6. The van der Waals surface area contributed by atoms with Crippen LogP contribution in [-0.2, 0) is 0 Å². The second-order valence-corrected chi connectivity index (χ2v) is 4.56. The van der Waals surface area contributed by atoms with Crippen molar-refractivity contribution in [2.75, 3.05) is 0 Å². The van der Waals surface area contributed by atoms with Crippen LogP contribution in [0.5, 0.6) is 11.5 Å². The Morgan fingerprint density at radius 1 is 1.33 bits per heavy atom. The van der Waals surface area contributed by atoms with Crippen LogP contribution in [0, 0.1) is 29.4 Å². The average Bonchev–Trinajstić information content (AvgIpc) is 2.42. The molecular weight excluding hydrogens is 272 g/mol. The second kappa shape index (κ2) is 5.58. The molecule has 0 amide bonds. The highest BCUT2D eigenvalue weighted by Gasteiger charge is 2.15. The van der Waals surface area contributed by atoms with Crippen LogP contribution >= 0.6 is 0 Å². The Morgan fingerprint density at radius 2 is 2.05 bits per heavy atom. The van der Waals surface area contributed by atoms with Crippen molar-refractivity contribution in [1.29, 1.82) is 5.41 Å². The summed E-state index contributed by atoms with van der Waals surface area (Å²) in [7, 11) is 0. The van der Waals surface area contributed by atoms with Gasteiger partial charge in [-0.3, -0.25) is 15.5 Å². The SMILES string of the molecule is Cc1cc(C)c([N+](=O)[O-])cc1Oc1ccc(C(=N)N)nc1. The van der Waals surface area contributed by atoms with Gasteiger partial charge >= 0.3 is 0 Å². The van der Waals surface area contributed by atoms with Crippen molar-refractivity contribution < 1.29 is 9.66 Å². The van der Waals surface area contributed by atoms with Crippen LogP contribution in [-0.4, -0.2) is 15.7 Å². The van der Waals surface area contributed by atoms with Gasteiger partial charge in [-0.05, 0) is 37.6 Å². The maximum atomic E-state index is 11.0. The Hall–Kier alpha value is -2.96. The monoisotopic (exact) mass is 286 g/mol. The lowest BCUT2D eigenvalue weighted by atomic mass is 10.1. The maximum absolute atomic E-state index is 11.0. The number of amidine groups is 1. The number of ether oxygens (including phenoxy) is 1. The Labute approximate surface area is 121 Å². The summed E-state index contributed by atoms with van der Waals surface area (Å²) in [5.41, 5.74) is 7.03. The van der Waals surface area contributed by atoms with Crippen molar-refractivity contribution in [1.82, 2.24) is 4.98 Å². The summed E-state index contributed by atoms with van der Waals surface area (Å²) in [5, 5.41) is 18.2. The molecule has 21 heavy (non-hydrogen) atoms. The molecule has 1 aromatic heterocycles. The molecule has 2 aromatic rings. The van der Waals surface area contributed by atoms with Gasteiger partial charge in [-0.1, -0.05) is 0 Å². The van der Waals surface area contributed by atoms with Gasteiger partial charge in [0.25, 0.3) is 5.69 Å². The zero-order chi connectivity index (χ0) is 15.6. The normalized spacial score (nSPS) is 10.2. The lowest BCUT2D eigenvalue weighted by Crippen LogP contribution is -2.12. The Morgan fingerprint density at radius 3 is 2.57 bits per heavy atom. The standard InChI is InChI=1S/C14H14N4O3/c1-8-5-9(2)13(6-12(8)18(19)20)21-10-3-4-11(14(15)16)17-7-10/h3-7H,1-2H3,(H3,15,16). The Bertz CT molecular complexity index is 711. The fourth-order valence-electron chi connectivity index (χ4n) is 1.86. The maximum Gasteiger partial charge on any atom is 0.276 e. The van der Waals surface area contributed by atoms with Gasteiger partial charge in [-0.25, -0.2) is 4.98 Å². The summed E-state index contributed by atoms with van der Waals surface area (Å²) in [6.07, 6.45) is 1.42. The zero-order valence-corrected chi connectivity index (χ0v) is 11.6. The lowest BCUT2D eigenvalue weighted by Gasteiger charge is -2.10. The van der Waals surface area contributed by atoms with Crippen molar-refractivity contribution in [2.45, 2.75) is 13.8 Å². The summed E-state index contributed by atoms with van der Waals surface area (Å²) >= 11 is 0. The number of hydrogen-bond acceptors (Lipinski definition) is 5. The minimum Gasteiger partial charge on any atom is -0.455 e. The summed E-state index contributed by atoms with van der Waals surface area (Å²) < 4.78 is 5.61. The third-order valence-electron chi connectivity index (χ3n) is 2.93. The molecule has 2 rings (SSSR count). The van der Waals surface area contributed by atoms with Crippen LogP contribution in [0.25, 0.3) is 0 Å². The van der Waals surface area contributed by atoms with E-state index < -0.39 is 4.92 Å². The summed E-state index contributed by atoms with van der Waals surface area (Å²) in [6, 6.07) is 6.25. The van der Waals surface area contributed by atoms with Crippen molar-refractivity contribution in [3.63, 3.8) is 0 Å². The molecule has 0 unspecified atom stereocenters. The van der Waals surface area contributed by atoms with Crippen LogP contribution in [0.15, 0.2) is 30.5 Å². The molecular formula is C14H14N4O3. The molecule has 1 aromatic carbocycles. The molecule has 0 spiro atoms. The van der Waals surface area contributed by atoms with Crippen molar-refractivity contribution in [3.8, 4) is 11.5 Å². The third-order valence-corrected chi connectivity index (χ3v) is 2.93. The molecule has 0 aliphatic heterocycles. The van der Waals surface area contributed by atoms with Crippen molar-refractivity contribution in [2.24, 2.45) is 5.73 Å². The van der Waals surface area contributed by atoms with Crippen molar-refractivity contribution >= 4 is 11.5 Å². The number of nitrogen functional groups attached to an aromatic ring is 1. The van der Waals surface area contributed by atoms with Gasteiger partial charge < -0.3 is 10.5 Å². The second-order valence-electron chi connectivity index (χ2n) is 4.56. The van der Waals surface area contributed by atoms with Gasteiger partial charge in [-0.15, -0.1) is 0 Å². The molecule has 0 fully saturated rings. The number of pyridine rings is 1. The predicted octanol–water partition coefficient (Wildman–Crippen LogP) is 2.68. The van der Waals surface area contributed by atoms with E-state index in [4.69, 9.17) is 15.9 Å². The summed E-state index contributed by atoms with van der Waals surface area (Å²) in [6.45, 7) is 3.49. The van der Waals surface area contributed by atoms with E-state index in [0.29, 0.717) is 22.8 Å². The van der Waals surface area contributed by atoms with Crippen molar-refractivity contribution in [3.05, 3.63) is 57.4 Å². The van der Waals surface area contributed by atoms with Gasteiger partial charge in [0.1, 0.15) is 23.0 Å². The first kappa shape index (κ1) is 14.4. The number of nitro benzene ring substituents is 1. The minimum atomic E-state index is -0.446. The topological polar surface area (TPSA) is 115 Å². The largest absolute Gasteiger partial charge is 0.455 e. The van der Waals surface area contributed by atoms with E-state index in [1.54, 1.807) is 25.1 Å². The number of benzene rings is 1. The summed E-state index contributed by atoms with van der Waals surface area (Å²) in [5.74, 6) is 0.676. The highest BCUT2D eigenvalue weighted by Crippen LogP contribution is 2.31. The molecule has 0 saturated heterocycles. The smallest absolute Gasteiger partial charge is 0.276 e. The number of hydrogen-bond donors (Lipinski definition) is 2. The van der Waals surface area contributed by atoms with Gasteiger partial charge in [0, 0.05) is 5.56 Å². The van der Waals surface area contributed by atoms with E-state index in [9.17, 15) is 10.1 Å². The molecule has 3 N–H and O–H groups in total. The van der Waals surface area contributed by atoms with E-state index in [2.05, 4.69) is 4.98 Å². The number of nitro groups is 1. The van der Waals surface area contributed by atoms with Gasteiger partial charge in [0.05, 0.1) is 17.2 Å². The van der Waals surface area contributed by atoms with Crippen LogP contribution in [0.3, 0.4) is 0 Å². The highest BCUT2D eigenvalue weighted by molar-refractivity contribution is 5.92. The third kappa shape index (κ3) is 3.14. The molecule has 0 saturated carbocycles. The van der Waals surface area contributed by atoms with E-state index >= 15 is 0 Å². The Kier molecular flexibility index (Phi) is 3.84. The first-order valence-corrected chi connectivity index (χ1v) is 6.12. The number of aromatic nitrogens is 1. The molecule has 7 nitrogen and oxygen atoms in total. The zero-order valence-electron chi connectivity index (χ0n) is 11.6. The van der Waals surface area contributed by atoms with Crippen LogP contribution in [0.1, 0.15) is 16.8 Å². The Balaban J connectivity index is 2.32. The molecule has 0 aliphatic rings. The first-order chi connectivity index (χ1) is 9.88. The summed E-state index contributed by atoms with van der Waals surface area (Å²) in [4.78, 5) is 14.5. The van der Waals surface area contributed by atoms with Crippen LogP contribution in [0.2, 0.25) is 0 Å². The average molecular weight is 286 g/mol. The van der Waals surface area contributed by atoms with Gasteiger partial charge in [0.15, 0.2) is 0 Å². The molecule has 108 valence electrons. The molecule has 7 heteroatoms. The molecule has 1 heterocycles. The molecule has 0 radical (unpaired) electrons. The fourth-order valence-corrected chi connectivity index (χ4v) is 1.86. The van der Waals surface area contributed by atoms with E-state index in [1.807, 2.05) is 6.92 Å². The van der Waals surface area contributed by atoms with Gasteiger partial charge in [-0.2, -0.15) is 0 Å². The molecule has 0 atom stereocenters. The quantitative estimate of drug-likeness (QED) is 0.388. The predicted molar refractivity (Wildman–Crippen MR) is 77.9 cm³/mol. The van der Waals surface area contributed by atoms with Gasteiger partial charge in [0.2, 0.25) is 0 Å². The lowest BCUT2D eigenvalue weighted by molar-refractivity contribution is -0.385. The fraction of sp³-hybridized carbons (Fsp3) is 0.143. The van der Waals surface area contributed by atoms with E-state index in [1.165, 1.54) is 12.3 Å². The van der Waals surface area contributed by atoms with E-state index in [-0.39, 0.29) is 11.5 Å². The first-order valence-electron chi connectivity index (χ1n) is 6.12. The number of nitrogens with two attached hydrogens (primary N) is 1. The molecule has 0 bridgehead atoms. The van der Waals surface area contributed by atoms with Crippen LogP contribution in [0.4, 0.5) is 5.69 Å². The number of nitrogens with one attached hydrogen (secondary N) is 1. The number of aryl methyl sites for hydroxylation is 2.